The average Bonchev–Trinajstić information content (AvgIpc) is 2.38. The van der Waals surface area contributed by atoms with Gasteiger partial charge in [-0.2, -0.15) is 0 Å². The van der Waals surface area contributed by atoms with Crippen molar-refractivity contribution < 1.29 is 9.90 Å². The molecule has 10 heavy (non-hydrogen) atoms. The van der Waals surface area contributed by atoms with E-state index >= 15 is 0 Å². The molecule has 58 valence electrons. The van der Waals surface area contributed by atoms with Crippen LogP contribution in [0.4, 0.5) is 0 Å². The second kappa shape index (κ2) is 1.95. The zero-order valence-corrected chi connectivity index (χ0v) is 6.59. The highest BCUT2D eigenvalue weighted by atomic mass is 16.4. The van der Waals surface area contributed by atoms with Gasteiger partial charge in [-0.1, -0.05) is 0 Å². The van der Waals surface area contributed by atoms with Gasteiger partial charge in [-0.25, -0.2) is 0 Å². The molecule has 0 aromatic heterocycles. The van der Waals surface area contributed by atoms with E-state index in [1.54, 1.807) is 6.92 Å². The first kappa shape index (κ1) is 7.54. The van der Waals surface area contributed by atoms with Crippen LogP contribution < -0.4 is 0 Å². The molecule has 1 N–H and O–H groups in total. The largest absolute Gasteiger partial charge is 0.480 e. The molecule has 1 rings (SSSR count). The van der Waals surface area contributed by atoms with Gasteiger partial charge in [0.25, 0.3) is 0 Å². The summed E-state index contributed by atoms with van der Waals surface area (Å²) < 4.78 is 0. The normalized spacial score (nSPS) is 31.3. The van der Waals surface area contributed by atoms with Crippen molar-refractivity contribution in [3.8, 4) is 0 Å². The molecule has 0 spiro atoms. The number of carbonyl (C=O) groups is 1. The van der Waals surface area contributed by atoms with Gasteiger partial charge in [-0.05, 0) is 20.8 Å². The van der Waals surface area contributed by atoms with Crippen LogP contribution in [0.2, 0.25) is 0 Å². The van der Waals surface area contributed by atoms with Crippen LogP contribution >= 0.6 is 0 Å². The van der Waals surface area contributed by atoms with Crippen molar-refractivity contribution >= 4 is 5.97 Å². The Morgan fingerprint density at radius 2 is 2.10 bits per heavy atom. The predicted molar refractivity (Wildman–Crippen MR) is 37.9 cm³/mol. The van der Waals surface area contributed by atoms with E-state index in [-0.39, 0.29) is 11.6 Å². The number of hydrogen-bond acceptors (Lipinski definition) is 2. The number of carboxylic acid groups (broad SMARTS) is 1. The van der Waals surface area contributed by atoms with Crippen molar-refractivity contribution in [3.05, 3.63) is 0 Å². The fourth-order valence-electron chi connectivity index (χ4n) is 1.18. The van der Waals surface area contributed by atoms with Crippen molar-refractivity contribution in [2.45, 2.75) is 32.4 Å². The summed E-state index contributed by atoms with van der Waals surface area (Å²) in [5, 5.41) is 8.58. The Hall–Kier alpha value is -0.570. The molecule has 1 saturated heterocycles. The van der Waals surface area contributed by atoms with Crippen LogP contribution in [0.1, 0.15) is 20.8 Å². The zero-order valence-electron chi connectivity index (χ0n) is 6.59. The third kappa shape index (κ3) is 1.14. The SMILES string of the molecule is CC(C(=O)O)N1CC1(C)C. The lowest BCUT2D eigenvalue weighted by molar-refractivity contribution is -0.140. The summed E-state index contributed by atoms with van der Waals surface area (Å²) in [5.41, 5.74) is 0.123. The molecular weight excluding hydrogens is 130 g/mol. The molecule has 3 heteroatoms. The van der Waals surface area contributed by atoms with E-state index < -0.39 is 5.97 Å². The molecule has 2 atom stereocenters. The quantitative estimate of drug-likeness (QED) is 0.574. The molecule has 1 fully saturated rings. The number of hydrogen-bond donors (Lipinski definition) is 1. The van der Waals surface area contributed by atoms with E-state index in [1.807, 2.05) is 18.7 Å². The minimum Gasteiger partial charge on any atom is -0.480 e. The van der Waals surface area contributed by atoms with Gasteiger partial charge in [0, 0.05) is 12.1 Å². The molecular formula is C7H13NO2. The average molecular weight is 143 g/mol. The van der Waals surface area contributed by atoms with Crippen LogP contribution in [0, 0.1) is 0 Å². The van der Waals surface area contributed by atoms with Gasteiger partial charge in [0.2, 0.25) is 0 Å². The smallest absolute Gasteiger partial charge is 0.320 e. The summed E-state index contributed by atoms with van der Waals surface area (Å²) in [6, 6.07) is -0.324. The van der Waals surface area contributed by atoms with Crippen LogP contribution in [0.25, 0.3) is 0 Å². The summed E-state index contributed by atoms with van der Waals surface area (Å²) >= 11 is 0. The number of nitrogens with zero attached hydrogens (tertiary/aromatic N) is 1. The van der Waals surface area contributed by atoms with Gasteiger partial charge in [0.1, 0.15) is 6.04 Å². The molecule has 0 radical (unpaired) electrons. The highest BCUT2D eigenvalue weighted by Gasteiger charge is 2.47. The molecule has 0 saturated carbocycles. The molecule has 2 unspecified atom stereocenters. The lowest BCUT2D eigenvalue weighted by Crippen LogP contribution is -2.28. The summed E-state index contributed by atoms with van der Waals surface area (Å²) in [6.45, 7) is 6.72. The van der Waals surface area contributed by atoms with Gasteiger partial charge in [-0.15, -0.1) is 0 Å². The van der Waals surface area contributed by atoms with E-state index in [2.05, 4.69) is 0 Å². The van der Waals surface area contributed by atoms with Crippen LogP contribution in [-0.4, -0.2) is 34.1 Å². The third-order valence-electron chi connectivity index (χ3n) is 2.06. The van der Waals surface area contributed by atoms with Gasteiger partial charge in [0.15, 0.2) is 0 Å². The molecule has 0 aliphatic carbocycles. The molecule has 0 aromatic rings. The molecule has 0 aromatic carbocycles. The second-order valence-electron chi connectivity index (χ2n) is 3.45. The van der Waals surface area contributed by atoms with Crippen molar-refractivity contribution in [2.75, 3.05) is 6.54 Å². The lowest BCUT2D eigenvalue weighted by atomic mass is 10.2. The first-order chi connectivity index (χ1) is 4.45. The minimum absolute atomic E-state index is 0.123. The van der Waals surface area contributed by atoms with Crippen molar-refractivity contribution in [1.29, 1.82) is 0 Å². The van der Waals surface area contributed by atoms with Crippen molar-refractivity contribution in [2.24, 2.45) is 0 Å². The van der Waals surface area contributed by atoms with Crippen LogP contribution in [-0.2, 0) is 4.79 Å². The van der Waals surface area contributed by atoms with E-state index in [9.17, 15) is 4.79 Å². The fraction of sp³-hybridized carbons (Fsp3) is 0.857. The van der Waals surface area contributed by atoms with E-state index in [0.717, 1.165) is 6.54 Å². The van der Waals surface area contributed by atoms with Gasteiger partial charge in [0.05, 0.1) is 0 Å². The summed E-state index contributed by atoms with van der Waals surface area (Å²) in [6.07, 6.45) is 0. The van der Waals surface area contributed by atoms with Crippen molar-refractivity contribution in [3.63, 3.8) is 0 Å². The maximum absolute atomic E-state index is 10.4. The standard InChI is InChI=1S/C7H13NO2/c1-5(6(9)10)8-4-7(8,2)3/h5H,4H2,1-3H3,(H,9,10). The molecule has 3 nitrogen and oxygen atoms in total. The number of carboxylic acids is 1. The maximum Gasteiger partial charge on any atom is 0.320 e. The van der Waals surface area contributed by atoms with Crippen LogP contribution in [0.5, 0.6) is 0 Å². The zero-order chi connectivity index (χ0) is 7.94. The summed E-state index contributed by atoms with van der Waals surface area (Å²) in [4.78, 5) is 12.4. The number of aliphatic carboxylic acids is 1. The summed E-state index contributed by atoms with van der Waals surface area (Å²) in [7, 11) is 0. The number of rotatable bonds is 2. The molecule has 1 aliphatic heterocycles. The highest BCUT2D eigenvalue weighted by molar-refractivity contribution is 5.73. The Morgan fingerprint density at radius 1 is 1.70 bits per heavy atom. The Kier molecular flexibility index (Phi) is 1.47. The predicted octanol–water partition coefficient (Wildman–Crippen LogP) is 0.554. The Labute approximate surface area is 60.6 Å². The topological polar surface area (TPSA) is 40.3 Å². The Bertz CT molecular complexity index is 165. The highest BCUT2D eigenvalue weighted by Crippen LogP contribution is 2.33. The second-order valence-corrected chi connectivity index (χ2v) is 3.45. The Morgan fingerprint density at radius 3 is 2.20 bits per heavy atom. The molecule has 1 heterocycles. The van der Waals surface area contributed by atoms with Gasteiger partial charge in [-0.3, -0.25) is 9.69 Å². The third-order valence-corrected chi connectivity index (χ3v) is 2.06. The first-order valence-electron chi connectivity index (χ1n) is 3.45. The van der Waals surface area contributed by atoms with Crippen LogP contribution in [0.3, 0.4) is 0 Å². The molecule has 0 bridgehead atoms. The lowest BCUT2D eigenvalue weighted by Gasteiger charge is -2.10. The fourth-order valence-corrected chi connectivity index (χ4v) is 1.18. The van der Waals surface area contributed by atoms with E-state index in [0.29, 0.717) is 0 Å². The van der Waals surface area contributed by atoms with Gasteiger partial charge < -0.3 is 5.11 Å². The van der Waals surface area contributed by atoms with Gasteiger partial charge >= 0.3 is 5.97 Å². The Balaban J connectivity index is 2.47. The maximum atomic E-state index is 10.4. The molecule has 0 amide bonds. The minimum atomic E-state index is -0.731. The van der Waals surface area contributed by atoms with Crippen molar-refractivity contribution in [1.82, 2.24) is 4.90 Å². The summed E-state index contributed by atoms with van der Waals surface area (Å²) in [5.74, 6) is -0.731. The monoisotopic (exact) mass is 143 g/mol. The van der Waals surface area contributed by atoms with E-state index in [4.69, 9.17) is 5.11 Å². The van der Waals surface area contributed by atoms with E-state index in [1.165, 1.54) is 0 Å². The molecule has 1 aliphatic rings. The van der Waals surface area contributed by atoms with Crippen LogP contribution in [0.15, 0.2) is 0 Å². The first-order valence-corrected chi connectivity index (χ1v) is 3.45.